The molecule has 4 heteroatoms. The molecule has 0 radical (unpaired) electrons. The van der Waals surface area contributed by atoms with Crippen LogP contribution in [0.4, 0.5) is 0 Å². The maximum atomic E-state index is 10.00. The van der Waals surface area contributed by atoms with Crippen LogP contribution in [0.3, 0.4) is 0 Å². The molecule has 1 amide bonds. The highest BCUT2D eigenvalue weighted by atomic mass is 16.4. The lowest BCUT2D eigenvalue weighted by Gasteiger charge is -2.08. The molecule has 0 aromatic carbocycles. The molecule has 0 aromatic heterocycles. The monoisotopic (exact) mass is 141 g/mol. The van der Waals surface area contributed by atoms with Gasteiger partial charge in [0.1, 0.15) is 6.54 Å². The molecule has 0 rings (SSSR count). The Morgan fingerprint density at radius 3 is 2.70 bits per heavy atom. The average Bonchev–Trinajstić information content (AvgIpc) is 1.86. The number of aliphatic carboxylic acids is 1. The molecular formula is C6H7NO3. The minimum atomic E-state index is -1.07. The quantitative estimate of drug-likeness (QED) is 0.410. The van der Waals surface area contributed by atoms with E-state index in [1.54, 1.807) is 0 Å². The average molecular weight is 141 g/mol. The van der Waals surface area contributed by atoms with Gasteiger partial charge in [0.25, 0.3) is 0 Å². The van der Waals surface area contributed by atoms with Crippen molar-refractivity contribution in [1.82, 2.24) is 4.90 Å². The van der Waals surface area contributed by atoms with E-state index in [0.717, 1.165) is 4.90 Å². The molecule has 0 aliphatic carbocycles. The van der Waals surface area contributed by atoms with Crippen LogP contribution in [0, 0.1) is 12.3 Å². The summed E-state index contributed by atoms with van der Waals surface area (Å²) in [4.78, 5) is 21.0. The van der Waals surface area contributed by atoms with Crippen molar-refractivity contribution in [3.05, 3.63) is 0 Å². The summed E-state index contributed by atoms with van der Waals surface area (Å²) in [5.74, 6) is 1.09. The molecule has 0 aliphatic rings. The van der Waals surface area contributed by atoms with E-state index in [2.05, 4.69) is 5.92 Å². The number of terminal acetylenes is 1. The van der Waals surface area contributed by atoms with Crippen LogP contribution >= 0.6 is 0 Å². The van der Waals surface area contributed by atoms with Gasteiger partial charge in [0.15, 0.2) is 0 Å². The van der Waals surface area contributed by atoms with Crippen molar-refractivity contribution in [2.75, 3.05) is 13.1 Å². The normalized spacial score (nSPS) is 7.90. The second-order valence-electron chi connectivity index (χ2n) is 1.61. The lowest BCUT2D eigenvalue weighted by molar-refractivity contribution is -0.140. The van der Waals surface area contributed by atoms with Crippen LogP contribution in [0.5, 0.6) is 0 Å². The molecule has 0 spiro atoms. The topological polar surface area (TPSA) is 57.6 Å². The SMILES string of the molecule is C#CCN(C=O)CC(=O)O. The Balaban J connectivity index is 3.73. The van der Waals surface area contributed by atoms with E-state index in [0.29, 0.717) is 6.41 Å². The number of carbonyl (C=O) groups is 2. The molecule has 0 bridgehead atoms. The maximum absolute atomic E-state index is 10.00. The summed E-state index contributed by atoms with van der Waals surface area (Å²) >= 11 is 0. The van der Waals surface area contributed by atoms with Crippen molar-refractivity contribution in [1.29, 1.82) is 0 Å². The zero-order valence-electron chi connectivity index (χ0n) is 5.28. The van der Waals surface area contributed by atoms with Gasteiger partial charge in [0.05, 0.1) is 6.54 Å². The Morgan fingerprint density at radius 2 is 2.40 bits per heavy atom. The van der Waals surface area contributed by atoms with Gasteiger partial charge in [-0.15, -0.1) is 6.42 Å². The summed E-state index contributed by atoms with van der Waals surface area (Å²) in [6.07, 6.45) is 5.25. The summed E-state index contributed by atoms with van der Waals surface area (Å²) in [5.41, 5.74) is 0. The van der Waals surface area contributed by atoms with Gasteiger partial charge >= 0.3 is 5.97 Å². The summed E-state index contributed by atoms with van der Waals surface area (Å²) < 4.78 is 0. The Bertz CT molecular complexity index is 170. The fraction of sp³-hybridized carbons (Fsp3) is 0.333. The summed E-state index contributed by atoms with van der Waals surface area (Å²) in [6, 6.07) is 0. The van der Waals surface area contributed by atoms with Gasteiger partial charge in [-0.25, -0.2) is 0 Å². The van der Waals surface area contributed by atoms with E-state index in [1.165, 1.54) is 0 Å². The molecule has 10 heavy (non-hydrogen) atoms. The summed E-state index contributed by atoms with van der Waals surface area (Å²) in [7, 11) is 0. The van der Waals surface area contributed by atoms with E-state index >= 15 is 0 Å². The number of amides is 1. The molecule has 0 aliphatic heterocycles. The van der Waals surface area contributed by atoms with E-state index in [1.807, 2.05) is 0 Å². The second kappa shape index (κ2) is 4.39. The minimum Gasteiger partial charge on any atom is -0.480 e. The third-order valence-corrected chi connectivity index (χ3v) is 0.782. The van der Waals surface area contributed by atoms with E-state index in [-0.39, 0.29) is 13.1 Å². The van der Waals surface area contributed by atoms with E-state index < -0.39 is 5.97 Å². The first-order valence-electron chi connectivity index (χ1n) is 2.55. The standard InChI is InChI=1S/C6H7NO3/c1-2-3-7(5-8)4-6(9)10/h1,5H,3-4H2,(H,9,10). The maximum Gasteiger partial charge on any atom is 0.323 e. The van der Waals surface area contributed by atoms with Crippen molar-refractivity contribution in [2.24, 2.45) is 0 Å². The molecule has 54 valence electrons. The smallest absolute Gasteiger partial charge is 0.323 e. The van der Waals surface area contributed by atoms with Crippen LogP contribution in [-0.4, -0.2) is 35.5 Å². The van der Waals surface area contributed by atoms with Gasteiger partial charge in [-0.3, -0.25) is 9.59 Å². The number of carbonyl (C=O) groups excluding carboxylic acids is 1. The van der Waals surface area contributed by atoms with Crippen molar-refractivity contribution >= 4 is 12.4 Å². The molecule has 0 fully saturated rings. The fourth-order valence-corrected chi connectivity index (χ4v) is 0.421. The molecule has 0 saturated carbocycles. The van der Waals surface area contributed by atoms with Crippen LogP contribution in [-0.2, 0) is 9.59 Å². The Labute approximate surface area is 58.4 Å². The number of nitrogens with zero attached hydrogens (tertiary/aromatic N) is 1. The largest absolute Gasteiger partial charge is 0.480 e. The van der Waals surface area contributed by atoms with Crippen molar-refractivity contribution in [2.45, 2.75) is 0 Å². The molecule has 0 heterocycles. The molecule has 0 atom stereocenters. The number of hydrogen-bond donors (Lipinski definition) is 1. The molecule has 0 aromatic rings. The van der Waals surface area contributed by atoms with Gasteiger partial charge < -0.3 is 10.0 Å². The summed E-state index contributed by atoms with van der Waals surface area (Å²) in [6.45, 7) is -0.302. The third-order valence-electron chi connectivity index (χ3n) is 0.782. The Morgan fingerprint density at radius 1 is 1.80 bits per heavy atom. The Hall–Kier alpha value is -1.50. The zero-order valence-corrected chi connectivity index (χ0v) is 5.28. The molecule has 0 unspecified atom stereocenters. The lowest BCUT2D eigenvalue weighted by atomic mass is 10.5. The van der Waals surface area contributed by atoms with Crippen LogP contribution in [0.15, 0.2) is 0 Å². The molecular weight excluding hydrogens is 134 g/mol. The van der Waals surface area contributed by atoms with Crippen molar-refractivity contribution in [3.8, 4) is 12.3 Å². The summed E-state index contributed by atoms with van der Waals surface area (Å²) in [5, 5.41) is 8.17. The van der Waals surface area contributed by atoms with Gasteiger partial charge in [-0.05, 0) is 0 Å². The van der Waals surface area contributed by atoms with Crippen molar-refractivity contribution in [3.63, 3.8) is 0 Å². The van der Waals surface area contributed by atoms with Crippen LogP contribution < -0.4 is 0 Å². The predicted octanol–water partition coefficient (Wildman–Crippen LogP) is -0.837. The molecule has 0 saturated heterocycles. The highest BCUT2D eigenvalue weighted by Crippen LogP contribution is 1.79. The number of carboxylic acid groups (broad SMARTS) is 1. The fourth-order valence-electron chi connectivity index (χ4n) is 0.421. The highest BCUT2D eigenvalue weighted by Gasteiger charge is 2.03. The van der Waals surface area contributed by atoms with Gasteiger partial charge in [-0.1, -0.05) is 5.92 Å². The van der Waals surface area contributed by atoms with Gasteiger partial charge in [0.2, 0.25) is 6.41 Å². The highest BCUT2D eigenvalue weighted by molar-refractivity contribution is 5.72. The Kier molecular flexibility index (Phi) is 3.73. The second-order valence-corrected chi connectivity index (χ2v) is 1.61. The van der Waals surface area contributed by atoms with Crippen LogP contribution in [0.25, 0.3) is 0 Å². The van der Waals surface area contributed by atoms with Crippen LogP contribution in [0.1, 0.15) is 0 Å². The van der Waals surface area contributed by atoms with Crippen molar-refractivity contribution < 1.29 is 14.7 Å². The van der Waals surface area contributed by atoms with Gasteiger partial charge in [-0.2, -0.15) is 0 Å². The number of carboxylic acids is 1. The first-order valence-corrected chi connectivity index (χ1v) is 2.55. The van der Waals surface area contributed by atoms with Gasteiger partial charge in [0, 0.05) is 0 Å². The molecule has 1 N–H and O–H groups in total. The van der Waals surface area contributed by atoms with Crippen LogP contribution in [0.2, 0.25) is 0 Å². The molecule has 4 nitrogen and oxygen atoms in total. The first-order chi connectivity index (χ1) is 4.70. The lowest BCUT2D eigenvalue weighted by Crippen LogP contribution is -2.28. The number of rotatable bonds is 4. The van der Waals surface area contributed by atoms with E-state index in [4.69, 9.17) is 11.5 Å². The van der Waals surface area contributed by atoms with E-state index in [9.17, 15) is 9.59 Å². The predicted molar refractivity (Wildman–Crippen MR) is 34.1 cm³/mol. The number of hydrogen-bond acceptors (Lipinski definition) is 2. The minimum absolute atomic E-state index is 0.0375. The first kappa shape index (κ1) is 8.50. The third kappa shape index (κ3) is 3.50. The zero-order chi connectivity index (χ0) is 7.98.